The number of benzene rings is 1. The molecule has 4 N–H and O–H groups in total. The third-order valence-corrected chi connectivity index (χ3v) is 4.52. The zero-order chi connectivity index (χ0) is 20.6. The molecule has 0 bridgehead atoms. The van der Waals surface area contributed by atoms with Crippen LogP contribution in [0.2, 0.25) is 0 Å². The Hall–Kier alpha value is -3.14. The van der Waals surface area contributed by atoms with E-state index in [-0.39, 0.29) is 35.6 Å². The van der Waals surface area contributed by atoms with Gasteiger partial charge in [-0.3, -0.25) is 4.79 Å². The van der Waals surface area contributed by atoms with Crippen LogP contribution in [-0.2, 0) is 4.84 Å². The Kier molecular flexibility index (Phi) is 5.23. The van der Waals surface area contributed by atoms with Gasteiger partial charge in [-0.25, -0.2) is 13.6 Å². The summed E-state index contributed by atoms with van der Waals surface area (Å²) < 4.78 is 31.3. The lowest BCUT2D eigenvalue weighted by Crippen LogP contribution is -2.22. The van der Waals surface area contributed by atoms with Gasteiger partial charge in [-0.15, -0.1) is 0 Å². The lowest BCUT2D eigenvalue weighted by atomic mass is 10.00. The molecule has 0 amide bonds. The van der Waals surface area contributed by atoms with E-state index < -0.39 is 39.9 Å². The summed E-state index contributed by atoms with van der Waals surface area (Å²) in [4.78, 5) is 28.4. The standard InChI is InChI=1S/C18H18F2N4O4/c1-28-23-8(6-21)4-13(22)14-12(19)5-10-16(15(14)20)24(9-2-3-9)7-11(17(10)25)18(26)27/h5,7,9,22H,2-4,6,21H2,1H3,(H,26,27). The van der Waals surface area contributed by atoms with E-state index in [0.717, 1.165) is 12.3 Å². The number of hydrogen-bond acceptors (Lipinski definition) is 6. The normalized spacial score (nSPS) is 14.4. The number of oxime groups is 1. The first-order valence-corrected chi connectivity index (χ1v) is 8.47. The summed E-state index contributed by atoms with van der Waals surface area (Å²) >= 11 is 0. The highest BCUT2D eigenvalue weighted by molar-refractivity contribution is 6.13. The number of nitrogens with one attached hydrogen (secondary N) is 1. The molecule has 1 fully saturated rings. The van der Waals surface area contributed by atoms with E-state index in [4.69, 9.17) is 11.1 Å². The first-order valence-electron chi connectivity index (χ1n) is 8.47. The molecule has 1 saturated carbocycles. The van der Waals surface area contributed by atoms with E-state index in [1.165, 1.54) is 11.7 Å². The van der Waals surface area contributed by atoms with Crippen molar-refractivity contribution in [2.75, 3.05) is 13.7 Å². The maximum absolute atomic E-state index is 15.3. The van der Waals surface area contributed by atoms with Crippen molar-refractivity contribution < 1.29 is 23.5 Å². The minimum atomic E-state index is -1.47. The molecular weight excluding hydrogens is 374 g/mol. The molecular formula is C18H18F2N4O4. The van der Waals surface area contributed by atoms with Crippen LogP contribution in [0, 0.1) is 17.0 Å². The smallest absolute Gasteiger partial charge is 0.341 e. The van der Waals surface area contributed by atoms with Crippen LogP contribution in [0.25, 0.3) is 10.9 Å². The van der Waals surface area contributed by atoms with Crippen LogP contribution in [0.5, 0.6) is 0 Å². The zero-order valence-corrected chi connectivity index (χ0v) is 15.0. The Morgan fingerprint density at radius 3 is 2.68 bits per heavy atom. The first-order chi connectivity index (χ1) is 13.3. The largest absolute Gasteiger partial charge is 0.477 e. The summed E-state index contributed by atoms with van der Waals surface area (Å²) in [5.41, 5.74) is 2.94. The van der Waals surface area contributed by atoms with Gasteiger partial charge in [0, 0.05) is 25.2 Å². The molecule has 3 rings (SSSR count). The summed E-state index contributed by atoms with van der Waals surface area (Å²) in [5.74, 6) is -3.69. The number of carbonyl (C=O) groups is 1. The molecule has 1 heterocycles. The highest BCUT2D eigenvalue weighted by Crippen LogP contribution is 2.38. The fourth-order valence-corrected chi connectivity index (χ4v) is 3.07. The van der Waals surface area contributed by atoms with Gasteiger partial charge in [-0.2, -0.15) is 0 Å². The molecule has 2 aromatic rings. The van der Waals surface area contributed by atoms with Gasteiger partial charge in [0.2, 0.25) is 5.43 Å². The summed E-state index contributed by atoms with van der Waals surface area (Å²) in [6.45, 7) is -0.0677. The van der Waals surface area contributed by atoms with E-state index in [1.807, 2.05) is 0 Å². The average molecular weight is 392 g/mol. The second kappa shape index (κ2) is 7.47. The maximum Gasteiger partial charge on any atom is 0.341 e. The zero-order valence-electron chi connectivity index (χ0n) is 15.0. The molecule has 1 aliphatic rings. The second-order valence-electron chi connectivity index (χ2n) is 6.46. The second-order valence-corrected chi connectivity index (χ2v) is 6.46. The molecule has 0 spiro atoms. The van der Waals surface area contributed by atoms with Crippen molar-refractivity contribution in [2.45, 2.75) is 25.3 Å². The van der Waals surface area contributed by atoms with Crippen molar-refractivity contribution >= 4 is 28.3 Å². The van der Waals surface area contributed by atoms with Gasteiger partial charge in [0.1, 0.15) is 18.5 Å². The summed E-state index contributed by atoms with van der Waals surface area (Å²) in [5, 5.41) is 20.6. The first kappa shape index (κ1) is 19.6. The Morgan fingerprint density at radius 2 is 2.14 bits per heavy atom. The Morgan fingerprint density at radius 1 is 1.46 bits per heavy atom. The number of nitrogens with zero attached hydrogens (tertiary/aromatic N) is 2. The van der Waals surface area contributed by atoms with Crippen molar-refractivity contribution in [1.82, 2.24) is 4.57 Å². The van der Waals surface area contributed by atoms with Crippen LogP contribution in [0.3, 0.4) is 0 Å². The number of carboxylic acid groups (broad SMARTS) is 1. The molecule has 28 heavy (non-hydrogen) atoms. The number of rotatable bonds is 7. The average Bonchev–Trinajstić information content (AvgIpc) is 3.46. The predicted molar refractivity (Wildman–Crippen MR) is 98.3 cm³/mol. The van der Waals surface area contributed by atoms with Gasteiger partial charge < -0.3 is 25.7 Å². The number of aromatic nitrogens is 1. The van der Waals surface area contributed by atoms with E-state index in [9.17, 15) is 19.1 Å². The van der Waals surface area contributed by atoms with Crippen molar-refractivity contribution in [3.05, 3.63) is 45.2 Å². The van der Waals surface area contributed by atoms with E-state index >= 15 is 4.39 Å². The summed E-state index contributed by atoms with van der Waals surface area (Å²) in [6, 6.07) is 0.601. The molecule has 8 nitrogen and oxygen atoms in total. The van der Waals surface area contributed by atoms with E-state index in [2.05, 4.69) is 9.99 Å². The van der Waals surface area contributed by atoms with Crippen molar-refractivity contribution in [3.63, 3.8) is 0 Å². The predicted octanol–water partition coefficient (Wildman–Crippen LogP) is 2.03. The Balaban J connectivity index is 2.25. The van der Waals surface area contributed by atoms with Crippen molar-refractivity contribution in [1.29, 1.82) is 5.41 Å². The quantitative estimate of drug-likeness (QED) is 0.490. The van der Waals surface area contributed by atoms with E-state index in [0.29, 0.717) is 12.8 Å². The molecule has 1 aromatic heterocycles. The van der Waals surface area contributed by atoms with Crippen LogP contribution in [0.1, 0.15) is 41.2 Å². The van der Waals surface area contributed by atoms with Gasteiger partial charge in [0.05, 0.1) is 27.9 Å². The lowest BCUT2D eigenvalue weighted by Gasteiger charge is -2.15. The highest BCUT2D eigenvalue weighted by atomic mass is 19.1. The Bertz CT molecular complexity index is 1070. The monoisotopic (exact) mass is 392 g/mol. The van der Waals surface area contributed by atoms with Crippen LogP contribution in [-0.4, -0.2) is 40.7 Å². The molecule has 10 heteroatoms. The summed E-state index contributed by atoms with van der Waals surface area (Å²) in [7, 11) is 1.28. The van der Waals surface area contributed by atoms with Gasteiger partial charge in [0.15, 0.2) is 5.82 Å². The molecule has 0 radical (unpaired) electrons. The fraction of sp³-hybridized carbons (Fsp3) is 0.333. The van der Waals surface area contributed by atoms with Crippen LogP contribution < -0.4 is 11.2 Å². The number of fused-ring (bicyclic) bond motifs is 1. The number of carboxylic acids is 1. The van der Waals surface area contributed by atoms with Gasteiger partial charge >= 0.3 is 5.97 Å². The van der Waals surface area contributed by atoms with Crippen molar-refractivity contribution in [2.24, 2.45) is 10.9 Å². The topological polar surface area (TPSA) is 131 Å². The third kappa shape index (κ3) is 3.38. The number of hydrogen-bond donors (Lipinski definition) is 3. The Labute approximate surface area is 157 Å². The van der Waals surface area contributed by atoms with E-state index in [1.54, 1.807) is 0 Å². The van der Waals surface area contributed by atoms with Crippen LogP contribution in [0.15, 0.2) is 22.2 Å². The van der Waals surface area contributed by atoms with Crippen molar-refractivity contribution in [3.8, 4) is 0 Å². The maximum atomic E-state index is 15.3. The molecule has 1 aliphatic carbocycles. The molecule has 0 atom stereocenters. The number of nitrogens with two attached hydrogens (primary N) is 1. The molecule has 0 saturated heterocycles. The summed E-state index contributed by atoms with van der Waals surface area (Å²) in [6.07, 6.45) is 2.19. The highest BCUT2D eigenvalue weighted by Gasteiger charge is 2.30. The molecule has 0 aliphatic heterocycles. The van der Waals surface area contributed by atoms with Crippen LogP contribution in [0.4, 0.5) is 8.78 Å². The van der Waals surface area contributed by atoms with Gasteiger partial charge in [0.25, 0.3) is 0 Å². The minimum absolute atomic E-state index is 0.0677. The van der Waals surface area contributed by atoms with Gasteiger partial charge in [-0.1, -0.05) is 5.16 Å². The fourth-order valence-electron chi connectivity index (χ4n) is 3.07. The molecule has 1 aromatic carbocycles. The number of pyridine rings is 1. The minimum Gasteiger partial charge on any atom is -0.477 e. The lowest BCUT2D eigenvalue weighted by molar-refractivity contribution is 0.0694. The molecule has 0 unspecified atom stereocenters. The third-order valence-electron chi connectivity index (χ3n) is 4.52. The van der Waals surface area contributed by atoms with Crippen LogP contribution >= 0.6 is 0 Å². The molecule has 148 valence electrons. The SMILES string of the molecule is CON=C(CN)CC(=N)c1c(F)cc2c(=O)c(C(=O)O)cn(C3CC3)c2c1F. The van der Waals surface area contributed by atoms with Gasteiger partial charge in [-0.05, 0) is 18.9 Å². The number of halogens is 2. The number of aromatic carboxylic acids is 1.